The van der Waals surface area contributed by atoms with Crippen molar-refractivity contribution < 1.29 is 9.52 Å². The van der Waals surface area contributed by atoms with Crippen molar-refractivity contribution in [1.82, 2.24) is 20.0 Å². The van der Waals surface area contributed by atoms with Crippen LogP contribution in [0.25, 0.3) is 27.8 Å². The monoisotopic (exact) mass is 322 g/mol. The lowest BCUT2D eigenvalue weighted by Crippen LogP contribution is -2.06. The van der Waals surface area contributed by atoms with Crippen LogP contribution in [0.1, 0.15) is 28.1 Å². The maximum Gasteiger partial charge on any atom is 0.192 e. The van der Waals surface area contributed by atoms with Crippen LogP contribution in [0.5, 0.6) is 5.75 Å². The van der Waals surface area contributed by atoms with E-state index in [2.05, 4.69) is 15.2 Å². The Morgan fingerprint density at radius 2 is 1.46 bits per heavy atom. The number of nitrogens with zero attached hydrogens (tertiary/aromatic N) is 4. The van der Waals surface area contributed by atoms with Crippen molar-refractivity contribution in [2.45, 2.75) is 34.6 Å². The second-order valence-electron chi connectivity index (χ2n) is 6.23. The predicted molar refractivity (Wildman–Crippen MR) is 91.8 cm³/mol. The van der Waals surface area contributed by atoms with Crippen LogP contribution in [0.15, 0.2) is 16.5 Å². The van der Waals surface area contributed by atoms with E-state index < -0.39 is 0 Å². The van der Waals surface area contributed by atoms with Crippen LogP contribution in [0.4, 0.5) is 0 Å². The van der Waals surface area contributed by atoms with Crippen molar-refractivity contribution in [2.75, 3.05) is 0 Å². The van der Waals surface area contributed by atoms with Gasteiger partial charge in [0.05, 0.1) is 0 Å². The lowest BCUT2D eigenvalue weighted by atomic mass is 9.97. The molecule has 6 nitrogen and oxygen atoms in total. The smallest absolute Gasteiger partial charge is 0.192 e. The molecule has 0 atom stereocenters. The van der Waals surface area contributed by atoms with Crippen LogP contribution in [0, 0.1) is 34.6 Å². The molecule has 0 unspecified atom stereocenters. The number of aromatic nitrogens is 4. The summed E-state index contributed by atoms with van der Waals surface area (Å²) in [5.74, 6) is 0.831. The first-order valence-electron chi connectivity index (χ1n) is 7.80. The van der Waals surface area contributed by atoms with Gasteiger partial charge in [0.25, 0.3) is 0 Å². The van der Waals surface area contributed by atoms with E-state index in [9.17, 15) is 5.11 Å². The van der Waals surface area contributed by atoms with Crippen molar-refractivity contribution in [3.8, 4) is 11.4 Å². The molecule has 0 fully saturated rings. The molecular weight excluding hydrogens is 304 g/mol. The van der Waals surface area contributed by atoms with Crippen LogP contribution in [0.3, 0.4) is 0 Å². The minimum absolute atomic E-state index is 0.216. The Bertz CT molecular complexity index is 1040. The van der Waals surface area contributed by atoms with E-state index >= 15 is 0 Å². The van der Waals surface area contributed by atoms with Crippen molar-refractivity contribution in [3.05, 3.63) is 40.3 Å². The predicted octanol–water partition coefficient (Wildman–Crippen LogP) is 3.81. The highest BCUT2D eigenvalue weighted by Gasteiger charge is 2.19. The number of aryl methyl sites for hydroxylation is 1. The van der Waals surface area contributed by atoms with Gasteiger partial charge in [0.1, 0.15) is 28.0 Å². The maximum atomic E-state index is 10.6. The molecule has 0 aliphatic rings. The fourth-order valence-corrected chi connectivity index (χ4v) is 3.07. The van der Waals surface area contributed by atoms with Crippen LogP contribution >= 0.6 is 0 Å². The van der Waals surface area contributed by atoms with Crippen molar-refractivity contribution in [1.29, 1.82) is 0 Å². The number of rotatable bonds is 1. The number of hydrogen-bond donors (Lipinski definition) is 1. The molecule has 0 aliphatic carbocycles. The highest BCUT2D eigenvalue weighted by molar-refractivity contribution is 5.89. The summed E-state index contributed by atoms with van der Waals surface area (Å²) < 4.78 is 5.55. The number of fused-ring (bicyclic) bond motifs is 2. The second-order valence-corrected chi connectivity index (χ2v) is 6.23. The molecular formula is C18H18N4O2. The molecule has 24 heavy (non-hydrogen) atoms. The van der Waals surface area contributed by atoms with Gasteiger partial charge in [0.15, 0.2) is 11.5 Å². The van der Waals surface area contributed by atoms with Gasteiger partial charge in [-0.25, -0.2) is 4.98 Å². The molecule has 1 N–H and O–H groups in total. The maximum absolute atomic E-state index is 10.6. The highest BCUT2D eigenvalue weighted by Crippen LogP contribution is 2.34. The summed E-state index contributed by atoms with van der Waals surface area (Å²) in [4.78, 5) is 5.83. The molecule has 4 rings (SSSR count). The van der Waals surface area contributed by atoms with Crippen LogP contribution in [0.2, 0.25) is 0 Å². The average Bonchev–Trinajstić information content (AvgIpc) is 3.09. The van der Waals surface area contributed by atoms with Gasteiger partial charge < -0.3 is 9.52 Å². The summed E-state index contributed by atoms with van der Waals surface area (Å²) in [5, 5.41) is 19.7. The minimum Gasteiger partial charge on any atom is -0.505 e. The van der Waals surface area contributed by atoms with E-state index in [1.807, 2.05) is 46.8 Å². The first-order chi connectivity index (χ1) is 11.4. The highest BCUT2D eigenvalue weighted by atomic mass is 16.3. The Labute approximate surface area is 138 Å². The Kier molecular flexibility index (Phi) is 2.94. The summed E-state index contributed by atoms with van der Waals surface area (Å²) in [7, 11) is 0. The lowest BCUT2D eigenvalue weighted by Gasteiger charge is -2.15. The number of phenolic OH excluding ortho intramolecular Hbond substituents is 1. The summed E-state index contributed by atoms with van der Waals surface area (Å²) in [5.41, 5.74) is 7.50. The van der Waals surface area contributed by atoms with E-state index in [-0.39, 0.29) is 5.75 Å². The van der Waals surface area contributed by atoms with E-state index in [0.29, 0.717) is 28.2 Å². The largest absolute Gasteiger partial charge is 0.505 e. The van der Waals surface area contributed by atoms with E-state index in [4.69, 9.17) is 4.42 Å². The first-order valence-corrected chi connectivity index (χ1v) is 7.80. The first kappa shape index (κ1) is 14.7. The van der Waals surface area contributed by atoms with Crippen LogP contribution in [-0.2, 0) is 0 Å². The molecule has 0 spiro atoms. The van der Waals surface area contributed by atoms with Crippen molar-refractivity contribution >= 4 is 22.1 Å². The van der Waals surface area contributed by atoms with Gasteiger partial charge in [0, 0.05) is 13.0 Å². The zero-order chi connectivity index (χ0) is 17.2. The van der Waals surface area contributed by atoms with Gasteiger partial charge in [-0.2, -0.15) is 0 Å². The van der Waals surface area contributed by atoms with Gasteiger partial charge in [-0.3, -0.25) is 0 Å². The molecule has 122 valence electrons. The molecule has 0 saturated heterocycles. The molecule has 0 bridgehead atoms. The average molecular weight is 322 g/mol. The molecule has 0 saturated carbocycles. The van der Waals surface area contributed by atoms with E-state index in [1.165, 1.54) is 4.80 Å². The molecule has 0 radical (unpaired) electrons. The Morgan fingerprint density at radius 1 is 0.833 bits per heavy atom. The molecule has 4 aromatic rings. The third kappa shape index (κ3) is 1.92. The summed E-state index contributed by atoms with van der Waals surface area (Å²) >= 11 is 0. The fourth-order valence-electron chi connectivity index (χ4n) is 3.07. The summed E-state index contributed by atoms with van der Waals surface area (Å²) in [6.07, 6.45) is 0. The third-order valence-electron chi connectivity index (χ3n) is 4.82. The van der Waals surface area contributed by atoms with Gasteiger partial charge >= 0.3 is 0 Å². The zero-order valence-corrected chi connectivity index (χ0v) is 14.3. The Morgan fingerprint density at radius 3 is 2.17 bits per heavy atom. The third-order valence-corrected chi connectivity index (χ3v) is 4.82. The molecule has 6 heteroatoms. The number of aromatic hydroxyl groups is 1. The number of oxazole rings is 1. The minimum atomic E-state index is 0.216. The number of phenols is 1. The fraction of sp³-hybridized carbons (Fsp3) is 0.278. The quantitative estimate of drug-likeness (QED) is 0.576. The zero-order valence-electron chi connectivity index (χ0n) is 14.3. The normalized spacial score (nSPS) is 11.7. The molecule has 2 heterocycles. The molecule has 0 aliphatic heterocycles. The van der Waals surface area contributed by atoms with Gasteiger partial charge in [-0.1, -0.05) is 0 Å². The van der Waals surface area contributed by atoms with Gasteiger partial charge in [-0.15, -0.1) is 15.0 Å². The summed E-state index contributed by atoms with van der Waals surface area (Å²) in [6, 6.07) is 3.68. The van der Waals surface area contributed by atoms with E-state index in [1.54, 1.807) is 0 Å². The Hall–Kier alpha value is -2.89. The van der Waals surface area contributed by atoms with Crippen molar-refractivity contribution in [2.24, 2.45) is 0 Å². The number of hydrogen-bond acceptors (Lipinski definition) is 5. The number of benzene rings is 2. The standard InChI is InChI=1S/C18H18N4O2/c1-8-9(2)11(4)18(23)17(10(8)3)22-20-13-6-15-16(7-14(13)21-22)24-12(5)19-15/h6-7,23H,1-5H3. The SMILES string of the molecule is Cc1nc2cc3nn(-c4c(C)c(C)c(C)c(C)c4O)nc3cc2o1. The molecule has 2 aromatic carbocycles. The lowest BCUT2D eigenvalue weighted by molar-refractivity contribution is 0.462. The van der Waals surface area contributed by atoms with Gasteiger partial charge in [-0.05, 0) is 56.0 Å². The molecule has 2 aromatic heterocycles. The van der Waals surface area contributed by atoms with E-state index in [0.717, 1.165) is 27.8 Å². The second kappa shape index (κ2) is 4.80. The van der Waals surface area contributed by atoms with Gasteiger partial charge in [0.2, 0.25) is 0 Å². The van der Waals surface area contributed by atoms with Crippen molar-refractivity contribution in [3.63, 3.8) is 0 Å². The Balaban J connectivity index is 2.00. The van der Waals surface area contributed by atoms with Crippen LogP contribution < -0.4 is 0 Å². The summed E-state index contributed by atoms with van der Waals surface area (Å²) in [6.45, 7) is 9.75. The molecule has 0 amide bonds. The topological polar surface area (TPSA) is 77.0 Å². The van der Waals surface area contributed by atoms with Crippen LogP contribution in [-0.4, -0.2) is 25.1 Å².